The molecular formula is C11H16N2O3. The fraction of sp³-hybridized carbons (Fsp3) is 0.727. The number of hydrogen-bond acceptors (Lipinski definition) is 4. The maximum Gasteiger partial charge on any atom is 0.404 e. The molecule has 0 aromatic carbocycles. The molecule has 0 radical (unpaired) electrons. The molecule has 1 saturated carbocycles. The van der Waals surface area contributed by atoms with Crippen molar-refractivity contribution < 1.29 is 14.3 Å². The van der Waals surface area contributed by atoms with Crippen LogP contribution in [-0.2, 0) is 9.53 Å². The molecule has 0 heterocycles. The van der Waals surface area contributed by atoms with E-state index in [1.165, 1.54) is 0 Å². The van der Waals surface area contributed by atoms with Crippen molar-refractivity contribution >= 4 is 11.9 Å². The van der Waals surface area contributed by atoms with Gasteiger partial charge in [-0.25, -0.2) is 4.79 Å². The van der Waals surface area contributed by atoms with Gasteiger partial charge in [0.05, 0.1) is 11.5 Å². The molecule has 1 rings (SSSR count). The molecule has 1 fully saturated rings. The monoisotopic (exact) mass is 224 g/mol. The summed E-state index contributed by atoms with van der Waals surface area (Å²) in [7, 11) is 0. The van der Waals surface area contributed by atoms with Crippen LogP contribution in [-0.4, -0.2) is 18.0 Å². The van der Waals surface area contributed by atoms with Crippen LogP contribution in [0, 0.1) is 16.7 Å². The Morgan fingerprint density at radius 3 is 2.62 bits per heavy atom. The van der Waals surface area contributed by atoms with E-state index >= 15 is 0 Å². The summed E-state index contributed by atoms with van der Waals surface area (Å²) < 4.78 is 4.81. The fourth-order valence-corrected chi connectivity index (χ4v) is 2.16. The molecule has 1 aliphatic carbocycles. The van der Waals surface area contributed by atoms with Gasteiger partial charge in [0.1, 0.15) is 11.9 Å². The van der Waals surface area contributed by atoms with E-state index in [1.807, 2.05) is 0 Å². The first kappa shape index (κ1) is 12.5. The van der Waals surface area contributed by atoms with Gasteiger partial charge in [-0.05, 0) is 19.8 Å². The van der Waals surface area contributed by atoms with Crippen LogP contribution in [0.15, 0.2) is 0 Å². The lowest BCUT2D eigenvalue weighted by atomic mass is 9.71. The van der Waals surface area contributed by atoms with E-state index in [-0.39, 0.29) is 11.9 Å². The summed E-state index contributed by atoms with van der Waals surface area (Å²) in [5.74, 6) is 0.203. The van der Waals surface area contributed by atoms with Crippen LogP contribution in [0.25, 0.3) is 0 Å². The average molecular weight is 224 g/mol. The molecule has 1 aliphatic rings. The molecule has 0 aromatic rings. The molecule has 0 aromatic heterocycles. The lowest BCUT2D eigenvalue weighted by Gasteiger charge is -2.31. The summed E-state index contributed by atoms with van der Waals surface area (Å²) in [5.41, 5.74) is 4.37. The number of ketones is 1. The summed E-state index contributed by atoms with van der Waals surface area (Å²) in [5, 5.41) is 9.18. The van der Waals surface area contributed by atoms with E-state index in [0.717, 1.165) is 0 Å². The Morgan fingerprint density at radius 1 is 1.62 bits per heavy atom. The van der Waals surface area contributed by atoms with Gasteiger partial charge in [-0.1, -0.05) is 0 Å². The Kier molecular flexibility index (Phi) is 3.88. The van der Waals surface area contributed by atoms with Crippen molar-refractivity contribution in [3.8, 4) is 6.07 Å². The van der Waals surface area contributed by atoms with E-state index in [4.69, 9.17) is 10.5 Å². The number of carbonyl (C=O) groups is 2. The summed E-state index contributed by atoms with van der Waals surface area (Å²) in [4.78, 5) is 21.7. The Labute approximate surface area is 94.6 Å². The Balaban J connectivity index is 2.58. The molecule has 88 valence electrons. The number of primary amides is 1. The number of carbonyl (C=O) groups excluding carboxylic acids is 2. The predicted molar refractivity (Wildman–Crippen MR) is 56.3 cm³/mol. The van der Waals surface area contributed by atoms with E-state index in [9.17, 15) is 14.9 Å². The van der Waals surface area contributed by atoms with Gasteiger partial charge in [-0.3, -0.25) is 4.79 Å². The second-order valence-corrected chi connectivity index (χ2v) is 4.38. The molecule has 0 aliphatic heterocycles. The Morgan fingerprint density at radius 2 is 2.19 bits per heavy atom. The molecule has 1 atom stereocenters. The summed E-state index contributed by atoms with van der Waals surface area (Å²) >= 11 is 0. The first-order valence-corrected chi connectivity index (χ1v) is 5.36. The van der Waals surface area contributed by atoms with Gasteiger partial charge < -0.3 is 10.5 Å². The summed E-state index contributed by atoms with van der Waals surface area (Å²) in [6.45, 7) is 1.71. The molecule has 2 N–H and O–H groups in total. The lowest BCUT2D eigenvalue weighted by molar-refractivity contribution is -0.122. The molecule has 5 heteroatoms. The van der Waals surface area contributed by atoms with Crippen LogP contribution in [0.5, 0.6) is 0 Å². The summed E-state index contributed by atoms with van der Waals surface area (Å²) in [6.07, 6.45) is 1.22. The highest BCUT2D eigenvalue weighted by atomic mass is 16.6. The van der Waals surface area contributed by atoms with Crippen molar-refractivity contribution in [2.75, 3.05) is 0 Å². The van der Waals surface area contributed by atoms with Gasteiger partial charge in [0.15, 0.2) is 0 Å². The van der Waals surface area contributed by atoms with Gasteiger partial charge in [-0.15, -0.1) is 0 Å². The van der Waals surface area contributed by atoms with Crippen molar-refractivity contribution in [3.05, 3.63) is 0 Å². The van der Waals surface area contributed by atoms with Crippen LogP contribution < -0.4 is 5.73 Å². The number of amides is 1. The molecule has 0 bridgehead atoms. The molecule has 16 heavy (non-hydrogen) atoms. The quantitative estimate of drug-likeness (QED) is 0.786. The van der Waals surface area contributed by atoms with Gasteiger partial charge >= 0.3 is 6.09 Å². The maximum absolute atomic E-state index is 11.1. The normalized spacial score (nSPS) is 20.9. The van der Waals surface area contributed by atoms with Crippen LogP contribution in [0.4, 0.5) is 4.79 Å². The van der Waals surface area contributed by atoms with Gasteiger partial charge in [-0.2, -0.15) is 5.26 Å². The first-order chi connectivity index (χ1) is 7.47. The van der Waals surface area contributed by atoms with Crippen molar-refractivity contribution in [1.82, 2.24) is 0 Å². The highest BCUT2D eigenvalue weighted by Crippen LogP contribution is 2.38. The predicted octanol–water partition coefficient (Wildman–Crippen LogP) is 1.51. The fourth-order valence-electron chi connectivity index (χ4n) is 2.16. The number of hydrogen-bond donors (Lipinski definition) is 1. The third kappa shape index (κ3) is 3.23. The minimum Gasteiger partial charge on any atom is -0.447 e. The lowest BCUT2D eigenvalue weighted by Crippen LogP contribution is -2.32. The molecule has 0 spiro atoms. The van der Waals surface area contributed by atoms with E-state index < -0.39 is 11.5 Å². The van der Waals surface area contributed by atoms with E-state index in [2.05, 4.69) is 6.07 Å². The van der Waals surface area contributed by atoms with Crippen molar-refractivity contribution in [2.45, 2.75) is 45.1 Å². The molecule has 1 amide bonds. The standard InChI is InChI=1S/C11H16N2O3/c1-8(16-10(13)15)6-11(7-12)4-2-9(14)3-5-11/h8H,2-6H2,1H3,(H2,13,15)/t8-/m0/s1. The molecular weight excluding hydrogens is 208 g/mol. The smallest absolute Gasteiger partial charge is 0.404 e. The summed E-state index contributed by atoms with van der Waals surface area (Å²) in [6, 6.07) is 2.26. The highest BCUT2D eigenvalue weighted by Gasteiger charge is 2.36. The van der Waals surface area contributed by atoms with Crippen molar-refractivity contribution in [1.29, 1.82) is 5.26 Å². The third-order valence-electron chi connectivity index (χ3n) is 3.00. The zero-order valence-corrected chi connectivity index (χ0v) is 9.36. The average Bonchev–Trinajstić information content (AvgIpc) is 2.21. The number of nitrogens with zero attached hydrogens (tertiary/aromatic N) is 1. The number of nitrogens with two attached hydrogens (primary N) is 1. The zero-order valence-electron chi connectivity index (χ0n) is 9.36. The van der Waals surface area contributed by atoms with Crippen molar-refractivity contribution in [3.63, 3.8) is 0 Å². The Hall–Kier alpha value is -1.57. The van der Waals surface area contributed by atoms with Gasteiger partial charge in [0, 0.05) is 19.3 Å². The molecule has 0 unspecified atom stereocenters. The molecule has 5 nitrogen and oxygen atoms in total. The number of ether oxygens (including phenoxy) is 1. The van der Waals surface area contributed by atoms with Crippen LogP contribution in [0.2, 0.25) is 0 Å². The van der Waals surface area contributed by atoms with E-state index in [1.54, 1.807) is 6.92 Å². The van der Waals surface area contributed by atoms with Crippen LogP contribution in [0.3, 0.4) is 0 Å². The maximum atomic E-state index is 11.1. The SMILES string of the molecule is C[C@@H](CC1(C#N)CCC(=O)CC1)OC(N)=O. The van der Waals surface area contributed by atoms with Crippen LogP contribution in [0.1, 0.15) is 39.0 Å². The second kappa shape index (κ2) is 4.97. The molecule has 0 saturated heterocycles. The third-order valence-corrected chi connectivity index (χ3v) is 3.00. The first-order valence-electron chi connectivity index (χ1n) is 5.36. The highest BCUT2D eigenvalue weighted by molar-refractivity contribution is 5.79. The topological polar surface area (TPSA) is 93.2 Å². The minimum atomic E-state index is -0.826. The minimum absolute atomic E-state index is 0.203. The van der Waals surface area contributed by atoms with Crippen molar-refractivity contribution in [2.24, 2.45) is 11.1 Å². The van der Waals surface area contributed by atoms with Gasteiger partial charge in [0.25, 0.3) is 0 Å². The largest absolute Gasteiger partial charge is 0.447 e. The van der Waals surface area contributed by atoms with Gasteiger partial charge in [0.2, 0.25) is 0 Å². The zero-order chi connectivity index (χ0) is 12.2. The number of rotatable bonds is 3. The second-order valence-electron chi connectivity index (χ2n) is 4.38. The number of nitriles is 1. The Bertz CT molecular complexity index is 323. The van der Waals surface area contributed by atoms with Crippen LogP contribution >= 0.6 is 0 Å². The van der Waals surface area contributed by atoms with E-state index in [0.29, 0.717) is 32.1 Å². The number of Topliss-reactive ketones (excluding diaryl/α,β-unsaturated/α-hetero) is 1.